The summed E-state index contributed by atoms with van der Waals surface area (Å²) in [7, 11) is 0. The van der Waals surface area contributed by atoms with Crippen molar-refractivity contribution >= 4 is 45.2 Å². The molecular weight excluding hydrogens is 633 g/mol. The predicted octanol–water partition coefficient (Wildman–Crippen LogP) is 7.54. The standard InChI is InChI=1S/C37H41ClFN5O4/c1-36(2,3)48-35(46)42-19-23-10-11-24(20-42)44(23)33-28-18-29(38)30(27-17-25(45)16-22-8-4-5-9-26(22)27)31(39)32(28)40-34(41-33)47-21-37-12-6-14-43(37)15-7-13-37/h4-5,8-9,16-18,23-24,45H,6-7,10-15,19-21H2,1-3H3. The Balaban J connectivity index is 1.24. The molecule has 4 fully saturated rings. The maximum Gasteiger partial charge on any atom is 0.410 e. The Hall–Kier alpha value is -3.89. The van der Waals surface area contributed by atoms with Crippen LogP contribution in [0, 0.1) is 5.82 Å². The molecular formula is C37H41ClFN5O4. The Morgan fingerprint density at radius 2 is 1.75 bits per heavy atom. The van der Waals surface area contributed by atoms with Gasteiger partial charge < -0.3 is 24.4 Å². The third-order valence-electron chi connectivity index (χ3n) is 10.6. The number of ether oxygens (including phenoxy) is 2. The van der Waals surface area contributed by atoms with Gasteiger partial charge in [-0.25, -0.2) is 9.18 Å². The van der Waals surface area contributed by atoms with Crippen LogP contribution in [-0.2, 0) is 4.74 Å². The number of halogens is 2. The summed E-state index contributed by atoms with van der Waals surface area (Å²) in [4.78, 5) is 29.3. The predicted molar refractivity (Wildman–Crippen MR) is 184 cm³/mol. The lowest BCUT2D eigenvalue weighted by molar-refractivity contribution is 0.0209. The largest absolute Gasteiger partial charge is 0.508 e. The number of piperazine rings is 1. The molecule has 4 aromatic rings. The molecule has 1 aromatic heterocycles. The van der Waals surface area contributed by atoms with Crippen molar-refractivity contribution in [3.63, 3.8) is 0 Å². The molecule has 5 heterocycles. The number of likely N-dealkylation sites (tertiary alicyclic amines) is 1. The van der Waals surface area contributed by atoms with E-state index in [1.54, 1.807) is 23.1 Å². The average Bonchev–Trinajstić information content (AvgIpc) is 3.69. The van der Waals surface area contributed by atoms with Gasteiger partial charge in [0.05, 0.1) is 10.6 Å². The Bertz CT molecular complexity index is 1910. The van der Waals surface area contributed by atoms with Crippen LogP contribution in [0.25, 0.3) is 32.8 Å². The summed E-state index contributed by atoms with van der Waals surface area (Å²) in [6, 6.07) is 12.5. The summed E-state index contributed by atoms with van der Waals surface area (Å²) in [5, 5.41) is 12.8. The van der Waals surface area contributed by atoms with E-state index in [-0.39, 0.29) is 51.6 Å². The lowest BCUT2D eigenvalue weighted by Crippen LogP contribution is -2.56. The summed E-state index contributed by atoms with van der Waals surface area (Å²) in [5.74, 6) is -0.0160. The molecule has 0 aliphatic carbocycles. The second kappa shape index (κ2) is 11.6. The first-order valence-electron chi connectivity index (χ1n) is 17.1. The van der Waals surface area contributed by atoms with Crippen LogP contribution >= 0.6 is 11.6 Å². The highest BCUT2D eigenvalue weighted by Crippen LogP contribution is 2.45. The molecule has 0 spiro atoms. The molecule has 4 aliphatic rings. The van der Waals surface area contributed by atoms with Gasteiger partial charge in [-0.1, -0.05) is 35.9 Å². The number of rotatable bonds is 5. The van der Waals surface area contributed by atoms with Gasteiger partial charge in [0.25, 0.3) is 0 Å². The summed E-state index contributed by atoms with van der Waals surface area (Å²) in [6.07, 6.45) is 5.76. The number of carbonyl (C=O) groups excluding carboxylic acids is 1. The van der Waals surface area contributed by atoms with Crippen LogP contribution in [0.1, 0.15) is 59.3 Å². The molecule has 252 valence electrons. The third kappa shape index (κ3) is 5.37. The molecule has 48 heavy (non-hydrogen) atoms. The molecule has 9 nitrogen and oxygen atoms in total. The van der Waals surface area contributed by atoms with E-state index in [1.807, 2.05) is 45.0 Å². The number of benzene rings is 3. The highest BCUT2D eigenvalue weighted by Gasteiger charge is 2.46. The van der Waals surface area contributed by atoms with Crippen LogP contribution in [0.3, 0.4) is 0 Å². The van der Waals surface area contributed by atoms with E-state index in [9.17, 15) is 9.90 Å². The molecule has 1 N–H and O–H groups in total. The first kappa shape index (κ1) is 31.4. The van der Waals surface area contributed by atoms with E-state index in [0.29, 0.717) is 36.5 Å². The first-order chi connectivity index (χ1) is 23.0. The fourth-order valence-electron chi connectivity index (χ4n) is 8.55. The molecule has 8 rings (SSSR count). The van der Waals surface area contributed by atoms with Gasteiger partial charge in [0.1, 0.15) is 29.3 Å². The number of phenolic OH excluding ortho intramolecular Hbond substituents is 1. The van der Waals surface area contributed by atoms with E-state index in [2.05, 4.69) is 9.80 Å². The molecule has 0 radical (unpaired) electrons. The van der Waals surface area contributed by atoms with Crippen molar-refractivity contribution in [2.75, 3.05) is 37.7 Å². The third-order valence-corrected chi connectivity index (χ3v) is 10.9. The van der Waals surface area contributed by atoms with E-state index < -0.39 is 11.4 Å². The van der Waals surface area contributed by atoms with Gasteiger partial charge in [0, 0.05) is 36.1 Å². The second-order valence-electron chi connectivity index (χ2n) is 14.9. The number of phenols is 1. The van der Waals surface area contributed by atoms with Gasteiger partial charge in [0.2, 0.25) is 0 Å². The summed E-state index contributed by atoms with van der Waals surface area (Å²) >= 11 is 6.97. The lowest BCUT2D eigenvalue weighted by Gasteiger charge is -2.42. The molecule has 1 amide bonds. The molecule has 4 saturated heterocycles. The van der Waals surface area contributed by atoms with E-state index in [4.69, 9.17) is 31.0 Å². The molecule has 2 bridgehead atoms. The Labute approximate surface area is 284 Å². The normalized spacial score (nSPS) is 22.1. The Morgan fingerprint density at radius 3 is 2.46 bits per heavy atom. The minimum Gasteiger partial charge on any atom is -0.508 e. The monoisotopic (exact) mass is 673 g/mol. The first-order valence-corrected chi connectivity index (χ1v) is 17.4. The summed E-state index contributed by atoms with van der Waals surface area (Å²) < 4.78 is 29.2. The van der Waals surface area contributed by atoms with Crippen LogP contribution in [0.15, 0.2) is 42.5 Å². The number of aromatic hydroxyl groups is 1. The molecule has 0 saturated carbocycles. The summed E-state index contributed by atoms with van der Waals surface area (Å²) in [6.45, 7) is 9.10. The number of hydrogen-bond acceptors (Lipinski definition) is 8. The smallest absolute Gasteiger partial charge is 0.410 e. The molecule has 2 unspecified atom stereocenters. The lowest BCUT2D eigenvalue weighted by atomic mass is 9.95. The zero-order valence-electron chi connectivity index (χ0n) is 27.6. The van der Waals surface area contributed by atoms with Crippen LogP contribution in [0.4, 0.5) is 15.0 Å². The number of fused-ring (bicyclic) bond motifs is 5. The quantitative estimate of drug-likeness (QED) is 0.232. The highest BCUT2D eigenvalue weighted by molar-refractivity contribution is 6.35. The van der Waals surface area contributed by atoms with Gasteiger partial charge in [0.15, 0.2) is 5.82 Å². The van der Waals surface area contributed by atoms with Crippen molar-refractivity contribution in [1.29, 1.82) is 0 Å². The van der Waals surface area contributed by atoms with Crippen molar-refractivity contribution in [3.05, 3.63) is 53.3 Å². The number of carbonyl (C=O) groups is 1. The van der Waals surface area contributed by atoms with Crippen molar-refractivity contribution in [2.45, 2.75) is 82.5 Å². The maximum absolute atomic E-state index is 17.1. The minimum atomic E-state index is -0.594. The molecule has 3 aromatic carbocycles. The number of aromatic nitrogens is 2. The molecule has 2 atom stereocenters. The average molecular weight is 674 g/mol. The molecule has 11 heteroatoms. The zero-order chi connectivity index (χ0) is 33.4. The van der Waals surface area contributed by atoms with Crippen molar-refractivity contribution in [1.82, 2.24) is 19.8 Å². The van der Waals surface area contributed by atoms with Gasteiger partial charge in [-0.05, 0) is 107 Å². The second-order valence-corrected chi connectivity index (χ2v) is 15.3. The topological polar surface area (TPSA) is 91.3 Å². The van der Waals surface area contributed by atoms with Crippen LogP contribution in [0.5, 0.6) is 11.8 Å². The highest BCUT2D eigenvalue weighted by atomic mass is 35.5. The zero-order valence-corrected chi connectivity index (χ0v) is 28.4. The van der Waals surface area contributed by atoms with Gasteiger partial charge in [-0.2, -0.15) is 9.97 Å². The van der Waals surface area contributed by atoms with Gasteiger partial charge in [-0.3, -0.25) is 4.90 Å². The SMILES string of the molecule is CC(C)(C)OC(=O)N1CC2CCC(C1)N2c1nc(OCC23CCCN2CCC3)nc2c(F)c(-c3cc(O)cc4ccccc34)c(Cl)cc12. The Kier molecular flexibility index (Phi) is 7.60. The van der Waals surface area contributed by atoms with Gasteiger partial charge in [-0.15, -0.1) is 0 Å². The maximum atomic E-state index is 17.1. The van der Waals surface area contributed by atoms with Crippen molar-refractivity contribution in [2.24, 2.45) is 0 Å². The fraction of sp³-hybridized carbons (Fsp3) is 0.486. The van der Waals surface area contributed by atoms with Crippen LogP contribution in [0.2, 0.25) is 5.02 Å². The number of hydrogen-bond donors (Lipinski definition) is 1. The van der Waals surface area contributed by atoms with Gasteiger partial charge >= 0.3 is 12.1 Å². The fourth-order valence-corrected chi connectivity index (χ4v) is 8.85. The van der Waals surface area contributed by atoms with Crippen LogP contribution < -0.4 is 9.64 Å². The van der Waals surface area contributed by atoms with Crippen molar-refractivity contribution in [3.8, 4) is 22.9 Å². The van der Waals surface area contributed by atoms with E-state index in [0.717, 1.165) is 62.4 Å². The van der Waals surface area contributed by atoms with Crippen LogP contribution in [-0.4, -0.2) is 87.0 Å². The molecule has 4 aliphatic heterocycles. The van der Waals surface area contributed by atoms with E-state index >= 15 is 4.39 Å². The number of nitrogens with zero attached hydrogens (tertiary/aromatic N) is 5. The van der Waals surface area contributed by atoms with E-state index in [1.165, 1.54) is 0 Å². The number of amides is 1. The minimum absolute atomic E-state index is 0.0167. The Morgan fingerprint density at radius 1 is 1.04 bits per heavy atom. The number of anilines is 1. The van der Waals surface area contributed by atoms with Crippen molar-refractivity contribution < 1.29 is 23.8 Å². The summed E-state index contributed by atoms with van der Waals surface area (Å²) in [5.41, 5.74) is 0.128.